The fourth-order valence-corrected chi connectivity index (χ4v) is 3.31. The molecular formula is C13H18BrO3P. The first-order valence-electron chi connectivity index (χ1n) is 5.90. The maximum Gasteiger partial charge on any atom is 0.334 e. The van der Waals surface area contributed by atoms with Gasteiger partial charge in [0.25, 0.3) is 0 Å². The number of hydrogen-bond donors (Lipinski definition) is 0. The van der Waals surface area contributed by atoms with Crippen LogP contribution in [0.2, 0.25) is 0 Å². The molecule has 18 heavy (non-hydrogen) atoms. The summed E-state index contributed by atoms with van der Waals surface area (Å²) < 4.78 is 23.6. The zero-order chi connectivity index (χ0) is 13.4. The molecule has 0 N–H and O–H groups in total. The Balaban J connectivity index is 2.68. The van der Waals surface area contributed by atoms with Crippen molar-refractivity contribution in [1.82, 2.24) is 0 Å². The molecule has 0 saturated heterocycles. The maximum atomic E-state index is 12.2. The zero-order valence-corrected chi connectivity index (χ0v) is 13.1. The number of halogens is 1. The maximum absolute atomic E-state index is 12.2. The van der Waals surface area contributed by atoms with Crippen LogP contribution in [0.4, 0.5) is 0 Å². The van der Waals surface area contributed by atoms with Gasteiger partial charge in [0.15, 0.2) is 0 Å². The summed E-state index contributed by atoms with van der Waals surface area (Å²) in [5, 5.41) is 0. The number of benzene rings is 1. The SMILES string of the molecule is CCOP(=O)(CC=Cc1ccccc1Br)OCC. The molecule has 0 aliphatic carbocycles. The van der Waals surface area contributed by atoms with E-state index in [4.69, 9.17) is 9.05 Å². The molecule has 0 fully saturated rings. The van der Waals surface area contributed by atoms with E-state index < -0.39 is 7.60 Å². The summed E-state index contributed by atoms with van der Waals surface area (Å²) in [7, 11) is -2.97. The Kier molecular flexibility index (Phi) is 6.87. The Hall–Kier alpha value is -0.410. The third-order valence-electron chi connectivity index (χ3n) is 2.18. The van der Waals surface area contributed by atoms with Gasteiger partial charge in [-0.15, -0.1) is 0 Å². The predicted octanol–water partition coefficient (Wildman–Crippen LogP) is 4.73. The van der Waals surface area contributed by atoms with Gasteiger partial charge in [-0.05, 0) is 25.5 Å². The molecule has 1 rings (SSSR count). The normalized spacial score (nSPS) is 12.2. The van der Waals surface area contributed by atoms with Crippen molar-refractivity contribution in [1.29, 1.82) is 0 Å². The lowest BCUT2D eigenvalue weighted by atomic mass is 10.2. The van der Waals surface area contributed by atoms with E-state index in [0.29, 0.717) is 13.2 Å². The predicted molar refractivity (Wildman–Crippen MR) is 78.9 cm³/mol. The van der Waals surface area contributed by atoms with E-state index in [1.54, 1.807) is 0 Å². The second-order valence-electron chi connectivity index (χ2n) is 3.55. The van der Waals surface area contributed by atoms with Crippen molar-refractivity contribution < 1.29 is 13.6 Å². The van der Waals surface area contributed by atoms with Gasteiger partial charge in [0.05, 0.1) is 19.4 Å². The highest BCUT2D eigenvalue weighted by Gasteiger charge is 2.20. The second-order valence-corrected chi connectivity index (χ2v) is 6.51. The molecule has 0 aliphatic rings. The Labute approximate surface area is 117 Å². The number of allylic oxidation sites excluding steroid dienone is 1. The second kappa shape index (κ2) is 7.90. The highest BCUT2D eigenvalue weighted by molar-refractivity contribution is 9.10. The Bertz CT molecular complexity index is 436. The Morgan fingerprint density at radius 1 is 1.22 bits per heavy atom. The van der Waals surface area contributed by atoms with Crippen LogP contribution >= 0.6 is 23.5 Å². The van der Waals surface area contributed by atoms with Crippen molar-refractivity contribution in [2.24, 2.45) is 0 Å². The van der Waals surface area contributed by atoms with Crippen molar-refractivity contribution >= 4 is 29.6 Å². The molecule has 0 saturated carbocycles. The first-order valence-corrected chi connectivity index (χ1v) is 8.42. The van der Waals surface area contributed by atoms with Crippen LogP contribution in [-0.4, -0.2) is 19.4 Å². The van der Waals surface area contributed by atoms with Gasteiger partial charge in [-0.25, -0.2) is 0 Å². The standard InChI is InChI=1S/C13H18BrO3P/c1-3-16-18(15,17-4-2)11-7-9-12-8-5-6-10-13(12)14/h5-10H,3-4,11H2,1-2H3. The van der Waals surface area contributed by atoms with Crippen LogP contribution in [0.1, 0.15) is 19.4 Å². The molecule has 100 valence electrons. The van der Waals surface area contributed by atoms with Crippen LogP contribution in [0.5, 0.6) is 0 Å². The highest BCUT2D eigenvalue weighted by Crippen LogP contribution is 2.48. The molecule has 5 heteroatoms. The lowest BCUT2D eigenvalue weighted by Crippen LogP contribution is -1.98. The lowest BCUT2D eigenvalue weighted by Gasteiger charge is -2.14. The summed E-state index contributed by atoms with van der Waals surface area (Å²) in [4.78, 5) is 0. The molecule has 0 unspecified atom stereocenters. The first-order chi connectivity index (χ1) is 8.61. The average molecular weight is 333 g/mol. The molecule has 1 aromatic rings. The van der Waals surface area contributed by atoms with Gasteiger partial charge in [-0.1, -0.05) is 46.3 Å². The van der Waals surface area contributed by atoms with Crippen LogP contribution in [0.3, 0.4) is 0 Å². The van der Waals surface area contributed by atoms with Gasteiger partial charge in [-0.2, -0.15) is 0 Å². The quantitative estimate of drug-likeness (QED) is 0.677. The van der Waals surface area contributed by atoms with Crippen LogP contribution in [0, 0.1) is 0 Å². The summed E-state index contributed by atoms with van der Waals surface area (Å²) in [6.07, 6.45) is 4.02. The minimum absolute atomic E-state index is 0.288. The fourth-order valence-electron chi connectivity index (χ4n) is 1.46. The van der Waals surface area contributed by atoms with Crippen molar-refractivity contribution in [3.8, 4) is 0 Å². The molecule has 0 heterocycles. The van der Waals surface area contributed by atoms with Gasteiger partial charge in [0.1, 0.15) is 0 Å². The third kappa shape index (κ3) is 5.07. The van der Waals surface area contributed by atoms with Crippen LogP contribution in [-0.2, 0) is 13.6 Å². The Morgan fingerprint density at radius 3 is 2.39 bits per heavy atom. The van der Waals surface area contributed by atoms with Gasteiger partial charge in [0, 0.05) is 4.47 Å². The van der Waals surface area contributed by atoms with Crippen LogP contribution in [0.15, 0.2) is 34.8 Å². The number of rotatable bonds is 7. The van der Waals surface area contributed by atoms with Gasteiger partial charge in [-0.3, -0.25) is 4.57 Å². The molecule has 0 spiro atoms. The summed E-state index contributed by atoms with van der Waals surface area (Å²) in [5.74, 6) is 0. The minimum Gasteiger partial charge on any atom is -0.309 e. The highest BCUT2D eigenvalue weighted by atomic mass is 79.9. The van der Waals surface area contributed by atoms with Crippen LogP contribution in [0.25, 0.3) is 6.08 Å². The van der Waals surface area contributed by atoms with Gasteiger partial charge >= 0.3 is 7.60 Å². The largest absolute Gasteiger partial charge is 0.334 e. The summed E-state index contributed by atoms with van der Waals surface area (Å²) in [5.41, 5.74) is 1.04. The van der Waals surface area contributed by atoms with E-state index >= 15 is 0 Å². The summed E-state index contributed by atoms with van der Waals surface area (Å²) in [6.45, 7) is 4.40. The van der Waals surface area contributed by atoms with Crippen molar-refractivity contribution in [2.45, 2.75) is 13.8 Å². The van der Waals surface area contributed by atoms with E-state index in [2.05, 4.69) is 15.9 Å². The molecule has 0 aromatic heterocycles. The topological polar surface area (TPSA) is 35.5 Å². The Morgan fingerprint density at radius 2 is 1.83 bits per heavy atom. The van der Waals surface area contributed by atoms with E-state index in [0.717, 1.165) is 10.0 Å². The monoisotopic (exact) mass is 332 g/mol. The minimum atomic E-state index is -2.97. The molecule has 0 aliphatic heterocycles. The molecule has 0 bridgehead atoms. The molecule has 0 atom stereocenters. The third-order valence-corrected chi connectivity index (χ3v) is 4.87. The van der Waals surface area contributed by atoms with Crippen LogP contribution < -0.4 is 0 Å². The molecule has 0 amide bonds. The average Bonchev–Trinajstić information content (AvgIpc) is 2.32. The summed E-state index contributed by atoms with van der Waals surface area (Å²) in [6, 6.07) is 7.85. The van der Waals surface area contributed by atoms with Gasteiger partial charge in [0.2, 0.25) is 0 Å². The fraction of sp³-hybridized carbons (Fsp3) is 0.385. The number of hydrogen-bond acceptors (Lipinski definition) is 3. The smallest absolute Gasteiger partial charge is 0.309 e. The van der Waals surface area contributed by atoms with Gasteiger partial charge < -0.3 is 9.05 Å². The molecule has 3 nitrogen and oxygen atoms in total. The zero-order valence-electron chi connectivity index (χ0n) is 10.6. The lowest BCUT2D eigenvalue weighted by molar-refractivity contribution is 0.222. The van der Waals surface area contributed by atoms with E-state index in [-0.39, 0.29) is 6.16 Å². The van der Waals surface area contributed by atoms with Crippen molar-refractivity contribution in [3.63, 3.8) is 0 Å². The first kappa shape index (κ1) is 15.6. The van der Waals surface area contributed by atoms with Crippen molar-refractivity contribution in [3.05, 3.63) is 40.4 Å². The molecular weight excluding hydrogens is 315 g/mol. The van der Waals surface area contributed by atoms with E-state index in [1.165, 1.54) is 0 Å². The van der Waals surface area contributed by atoms with E-state index in [1.807, 2.05) is 50.3 Å². The molecule has 0 radical (unpaired) electrons. The van der Waals surface area contributed by atoms with E-state index in [9.17, 15) is 4.57 Å². The van der Waals surface area contributed by atoms with Crippen molar-refractivity contribution in [2.75, 3.05) is 19.4 Å². The summed E-state index contributed by atoms with van der Waals surface area (Å²) >= 11 is 3.46. The molecule has 1 aromatic carbocycles.